The lowest BCUT2D eigenvalue weighted by molar-refractivity contribution is 0.0954. The third-order valence-electron chi connectivity index (χ3n) is 3.85. The molecule has 2 N–H and O–H groups in total. The number of halogens is 3. The predicted molar refractivity (Wildman–Crippen MR) is 96.3 cm³/mol. The van der Waals surface area contributed by atoms with E-state index in [4.69, 9.17) is 0 Å². The van der Waals surface area contributed by atoms with Gasteiger partial charge in [0.25, 0.3) is 5.91 Å². The first kappa shape index (κ1) is 18.4. The van der Waals surface area contributed by atoms with Crippen LogP contribution < -0.4 is 10.6 Å². The van der Waals surface area contributed by atoms with Gasteiger partial charge in [0, 0.05) is 18.3 Å². The molecule has 0 aliphatic carbocycles. The Morgan fingerprint density at radius 2 is 1.67 bits per heavy atom. The lowest BCUT2D eigenvalue weighted by Gasteiger charge is -2.10. The summed E-state index contributed by atoms with van der Waals surface area (Å²) < 4.78 is 40.3. The van der Waals surface area contributed by atoms with E-state index in [1.807, 2.05) is 0 Å². The zero-order valence-electron chi connectivity index (χ0n) is 14.2. The Bertz CT molecular complexity index is 925. The standard InChI is InChI=1S/C20H16F3N3O/c21-15-6-4-13(5-7-15)8-10-25-20(27)14-9-11-24-18(12-14)26-19-16(22)2-1-3-17(19)23/h1-7,9,11-12H,8,10H2,(H,24,26)(H,25,27). The number of amides is 1. The predicted octanol–water partition coefficient (Wildman–Crippen LogP) is 4.22. The molecule has 3 aromatic rings. The fourth-order valence-electron chi connectivity index (χ4n) is 2.46. The molecule has 2 aromatic carbocycles. The van der Waals surface area contributed by atoms with Crippen molar-refractivity contribution in [2.75, 3.05) is 11.9 Å². The quantitative estimate of drug-likeness (QED) is 0.682. The van der Waals surface area contributed by atoms with Gasteiger partial charge in [0.1, 0.15) is 29.0 Å². The molecule has 7 heteroatoms. The molecule has 138 valence electrons. The van der Waals surface area contributed by atoms with Gasteiger partial charge in [0.2, 0.25) is 0 Å². The minimum absolute atomic E-state index is 0.144. The minimum Gasteiger partial charge on any atom is -0.352 e. The molecular formula is C20H16F3N3O. The summed E-state index contributed by atoms with van der Waals surface area (Å²) in [7, 11) is 0. The highest BCUT2D eigenvalue weighted by Crippen LogP contribution is 2.22. The fraction of sp³-hybridized carbons (Fsp3) is 0.100. The molecule has 0 atom stereocenters. The Labute approximate surface area is 154 Å². The molecule has 0 saturated carbocycles. The first-order valence-electron chi connectivity index (χ1n) is 8.22. The van der Waals surface area contributed by atoms with Gasteiger partial charge < -0.3 is 10.6 Å². The molecule has 27 heavy (non-hydrogen) atoms. The molecule has 1 heterocycles. The molecule has 0 aliphatic heterocycles. The van der Waals surface area contributed by atoms with Crippen LogP contribution in [0.25, 0.3) is 0 Å². The Morgan fingerprint density at radius 1 is 0.963 bits per heavy atom. The van der Waals surface area contributed by atoms with Gasteiger partial charge in [0.05, 0.1) is 0 Å². The van der Waals surface area contributed by atoms with E-state index in [1.165, 1.54) is 36.5 Å². The molecule has 0 radical (unpaired) electrons. The van der Waals surface area contributed by atoms with E-state index in [0.29, 0.717) is 18.5 Å². The molecule has 0 saturated heterocycles. The summed E-state index contributed by atoms with van der Waals surface area (Å²) in [5.41, 5.74) is 0.853. The minimum atomic E-state index is -0.758. The van der Waals surface area contributed by atoms with Crippen LogP contribution in [0, 0.1) is 17.5 Å². The Kier molecular flexibility index (Phi) is 5.71. The number of anilines is 2. The molecule has 1 aromatic heterocycles. The van der Waals surface area contributed by atoms with Gasteiger partial charge in [-0.25, -0.2) is 18.2 Å². The van der Waals surface area contributed by atoms with Crippen molar-refractivity contribution in [1.82, 2.24) is 10.3 Å². The number of pyridine rings is 1. The normalized spacial score (nSPS) is 10.5. The number of hydrogen-bond acceptors (Lipinski definition) is 3. The van der Waals surface area contributed by atoms with Crippen LogP contribution in [0.5, 0.6) is 0 Å². The topological polar surface area (TPSA) is 54.0 Å². The van der Waals surface area contributed by atoms with Crippen molar-refractivity contribution in [3.8, 4) is 0 Å². The number of para-hydroxylation sites is 1. The number of nitrogens with zero attached hydrogens (tertiary/aromatic N) is 1. The smallest absolute Gasteiger partial charge is 0.251 e. The maximum atomic E-state index is 13.7. The molecule has 4 nitrogen and oxygen atoms in total. The molecule has 0 bridgehead atoms. The number of carbonyl (C=O) groups excluding carboxylic acids is 1. The molecular weight excluding hydrogens is 355 g/mol. The highest BCUT2D eigenvalue weighted by molar-refractivity contribution is 5.94. The number of rotatable bonds is 6. The summed E-state index contributed by atoms with van der Waals surface area (Å²) in [6.07, 6.45) is 1.92. The second-order valence-electron chi connectivity index (χ2n) is 5.78. The van der Waals surface area contributed by atoms with Crippen LogP contribution in [0.2, 0.25) is 0 Å². The molecule has 1 amide bonds. The number of benzene rings is 2. The molecule has 0 unspecified atom stereocenters. The summed E-state index contributed by atoms with van der Waals surface area (Å²) in [6, 6.07) is 12.4. The number of carbonyl (C=O) groups is 1. The van der Waals surface area contributed by atoms with Crippen LogP contribution in [0.4, 0.5) is 24.7 Å². The van der Waals surface area contributed by atoms with E-state index < -0.39 is 11.6 Å². The van der Waals surface area contributed by atoms with Crippen molar-refractivity contribution in [2.24, 2.45) is 0 Å². The Hall–Kier alpha value is -3.35. The average molecular weight is 371 g/mol. The van der Waals surface area contributed by atoms with Crippen molar-refractivity contribution in [2.45, 2.75) is 6.42 Å². The summed E-state index contributed by atoms with van der Waals surface area (Å²) >= 11 is 0. The molecule has 0 spiro atoms. The lowest BCUT2D eigenvalue weighted by Crippen LogP contribution is -2.25. The van der Waals surface area contributed by atoms with Gasteiger partial charge in [-0.2, -0.15) is 0 Å². The molecule has 0 aliphatic rings. The first-order valence-corrected chi connectivity index (χ1v) is 8.22. The lowest BCUT2D eigenvalue weighted by atomic mass is 10.1. The van der Waals surface area contributed by atoms with Crippen LogP contribution in [-0.4, -0.2) is 17.4 Å². The van der Waals surface area contributed by atoms with Crippen molar-refractivity contribution in [3.63, 3.8) is 0 Å². The van der Waals surface area contributed by atoms with E-state index in [9.17, 15) is 18.0 Å². The van der Waals surface area contributed by atoms with Gasteiger partial charge in [-0.05, 0) is 48.4 Å². The molecule has 3 rings (SSSR count). The van der Waals surface area contributed by atoms with Gasteiger partial charge in [-0.1, -0.05) is 18.2 Å². The van der Waals surface area contributed by atoms with Crippen LogP contribution in [0.3, 0.4) is 0 Å². The van der Waals surface area contributed by atoms with Crippen molar-refractivity contribution in [1.29, 1.82) is 0 Å². The van der Waals surface area contributed by atoms with E-state index in [1.54, 1.807) is 12.1 Å². The van der Waals surface area contributed by atoms with Crippen molar-refractivity contribution < 1.29 is 18.0 Å². The van der Waals surface area contributed by atoms with Gasteiger partial charge in [-0.3, -0.25) is 4.79 Å². The largest absolute Gasteiger partial charge is 0.352 e. The van der Waals surface area contributed by atoms with E-state index in [-0.39, 0.29) is 23.2 Å². The second-order valence-corrected chi connectivity index (χ2v) is 5.78. The number of nitrogens with one attached hydrogen (secondary N) is 2. The van der Waals surface area contributed by atoms with Gasteiger partial charge in [0.15, 0.2) is 0 Å². The van der Waals surface area contributed by atoms with Crippen LogP contribution in [-0.2, 0) is 6.42 Å². The van der Waals surface area contributed by atoms with Crippen molar-refractivity contribution >= 4 is 17.4 Å². The van der Waals surface area contributed by atoms with Crippen molar-refractivity contribution in [3.05, 3.63) is 89.4 Å². The monoisotopic (exact) mass is 371 g/mol. The van der Waals surface area contributed by atoms with E-state index in [0.717, 1.165) is 17.7 Å². The summed E-state index contributed by atoms with van der Waals surface area (Å²) in [5, 5.41) is 5.29. The van der Waals surface area contributed by atoms with Crippen LogP contribution >= 0.6 is 0 Å². The third kappa shape index (κ3) is 4.84. The van der Waals surface area contributed by atoms with Crippen LogP contribution in [0.1, 0.15) is 15.9 Å². The molecule has 0 fully saturated rings. The summed E-state index contributed by atoms with van der Waals surface area (Å²) in [6.45, 7) is 0.359. The van der Waals surface area contributed by atoms with Crippen LogP contribution in [0.15, 0.2) is 60.8 Å². The summed E-state index contributed by atoms with van der Waals surface area (Å²) in [4.78, 5) is 16.2. The maximum absolute atomic E-state index is 13.7. The second kappa shape index (κ2) is 8.35. The SMILES string of the molecule is O=C(NCCc1ccc(F)cc1)c1ccnc(Nc2c(F)cccc2F)c1. The van der Waals surface area contributed by atoms with E-state index >= 15 is 0 Å². The Balaban J connectivity index is 1.62. The maximum Gasteiger partial charge on any atom is 0.251 e. The highest BCUT2D eigenvalue weighted by Gasteiger charge is 2.11. The zero-order chi connectivity index (χ0) is 19.2. The van der Waals surface area contributed by atoms with Gasteiger partial charge in [-0.15, -0.1) is 0 Å². The van der Waals surface area contributed by atoms with E-state index in [2.05, 4.69) is 15.6 Å². The zero-order valence-corrected chi connectivity index (χ0v) is 14.2. The highest BCUT2D eigenvalue weighted by atomic mass is 19.1. The van der Waals surface area contributed by atoms with Gasteiger partial charge >= 0.3 is 0 Å². The summed E-state index contributed by atoms with van der Waals surface area (Å²) in [5.74, 6) is -2.04. The fourth-order valence-corrected chi connectivity index (χ4v) is 2.46. The number of aromatic nitrogens is 1. The first-order chi connectivity index (χ1) is 13.0. The average Bonchev–Trinajstić information content (AvgIpc) is 2.66. The Morgan fingerprint density at radius 3 is 2.37 bits per heavy atom. The third-order valence-corrected chi connectivity index (χ3v) is 3.85. The number of hydrogen-bond donors (Lipinski definition) is 2.